The van der Waals surface area contributed by atoms with Crippen molar-refractivity contribution in [2.24, 2.45) is 29.1 Å². The molecule has 0 aromatic carbocycles. The SMILES string of the molecule is C/C=C/C=C/[C@@H]1C(C)=C[C@@H]2C[C@@H](C)CC[C@@H]2[C@@]1(C)C(=O)SC. The Morgan fingerprint density at radius 3 is 2.73 bits per heavy atom. The maximum absolute atomic E-state index is 12.9. The molecule has 1 saturated carbocycles. The summed E-state index contributed by atoms with van der Waals surface area (Å²) in [5, 5.41) is 0.361. The van der Waals surface area contributed by atoms with Crippen LogP contribution in [-0.2, 0) is 4.79 Å². The zero-order chi connectivity index (χ0) is 16.3. The van der Waals surface area contributed by atoms with E-state index in [1.165, 1.54) is 36.6 Å². The maximum Gasteiger partial charge on any atom is 0.195 e. The molecule has 2 aliphatic carbocycles. The lowest BCUT2D eigenvalue weighted by Gasteiger charge is -2.51. The second-order valence-corrected chi connectivity index (χ2v) is 8.04. The average molecular weight is 319 g/mol. The van der Waals surface area contributed by atoms with E-state index in [0.29, 0.717) is 17.0 Å². The van der Waals surface area contributed by atoms with Gasteiger partial charge in [0.2, 0.25) is 0 Å². The zero-order valence-corrected chi connectivity index (χ0v) is 15.5. The normalized spacial score (nSPS) is 39.0. The molecule has 0 heterocycles. The minimum atomic E-state index is -0.263. The van der Waals surface area contributed by atoms with Gasteiger partial charge in [-0.2, -0.15) is 0 Å². The number of thioether (sulfide) groups is 1. The number of rotatable bonds is 3. The zero-order valence-electron chi connectivity index (χ0n) is 14.6. The maximum atomic E-state index is 12.9. The van der Waals surface area contributed by atoms with Crippen molar-refractivity contribution < 1.29 is 4.79 Å². The third-order valence-electron chi connectivity index (χ3n) is 5.78. The largest absolute Gasteiger partial charge is 0.287 e. The van der Waals surface area contributed by atoms with Crippen LogP contribution >= 0.6 is 11.8 Å². The first-order valence-electron chi connectivity index (χ1n) is 8.51. The molecule has 0 bridgehead atoms. The van der Waals surface area contributed by atoms with Gasteiger partial charge >= 0.3 is 0 Å². The van der Waals surface area contributed by atoms with E-state index in [-0.39, 0.29) is 11.3 Å². The van der Waals surface area contributed by atoms with Crippen molar-refractivity contribution in [3.8, 4) is 0 Å². The Morgan fingerprint density at radius 1 is 1.36 bits per heavy atom. The first kappa shape index (κ1) is 17.6. The first-order chi connectivity index (χ1) is 10.4. The predicted molar refractivity (Wildman–Crippen MR) is 97.8 cm³/mol. The highest BCUT2D eigenvalue weighted by Gasteiger charge is 2.52. The minimum absolute atomic E-state index is 0.235. The Labute approximate surface area is 140 Å². The van der Waals surface area contributed by atoms with E-state index in [0.717, 1.165) is 5.92 Å². The molecule has 2 aliphatic rings. The molecule has 0 radical (unpaired) electrons. The highest BCUT2D eigenvalue weighted by molar-refractivity contribution is 8.13. The third-order valence-corrected chi connectivity index (χ3v) is 6.59. The van der Waals surface area contributed by atoms with Crippen LogP contribution in [0.25, 0.3) is 0 Å². The quantitative estimate of drug-likeness (QED) is 0.494. The summed E-state index contributed by atoms with van der Waals surface area (Å²) < 4.78 is 0. The van der Waals surface area contributed by atoms with Crippen molar-refractivity contribution in [1.82, 2.24) is 0 Å². The minimum Gasteiger partial charge on any atom is -0.287 e. The van der Waals surface area contributed by atoms with Gasteiger partial charge in [-0.1, -0.05) is 68.0 Å². The van der Waals surface area contributed by atoms with E-state index in [2.05, 4.69) is 45.1 Å². The number of fused-ring (bicyclic) bond motifs is 1. The highest BCUT2D eigenvalue weighted by atomic mass is 32.2. The molecule has 0 aliphatic heterocycles. The van der Waals surface area contributed by atoms with Gasteiger partial charge in [0.15, 0.2) is 5.12 Å². The van der Waals surface area contributed by atoms with Crippen LogP contribution in [0.2, 0.25) is 0 Å². The topological polar surface area (TPSA) is 17.1 Å². The summed E-state index contributed by atoms with van der Waals surface area (Å²) in [7, 11) is 0. The van der Waals surface area contributed by atoms with Gasteiger partial charge in [-0.05, 0) is 50.7 Å². The van der Waals surface area contributed by atoms with Gasteiger partial charge in [0.1, 0.15) is 0 Å². The molecule has 2 rings (SSSR count). The van der Waals surface area contributed by atoms with Crippen LogP contribution in [0.3, 0.4) is 0 Å². The van der Waals surface area contributed by atoms with Gasteiger partial charge in [0, 0.05) is 11.3 Å². The molecular formula is C20H30OS. The summed E-state index contributed by atoms with van der Waals surface area (Å²) in [6.45, 7) is 8.82. The Morgan fingerprint density at radius 2 is 2.09 bits per heavy atom. The third kappa shape index (κ3) is 3.13. The fourth-order valence-corrected chi connectivity index (χ4v) is 5.35. The monoisotopic (exact) mass is 318 g/mol. The molecular weight excluding hydrogens is 288 g/mol. The van der Waals surface area contributed by atoms with E-state index >= 15 is 0 Å². The molecule has 2 heteroatoms. The van der Waals surface area contributed by atoms with Crippen LogP contribution in [0.4, 0.5) is 0 Å². The summed E-state index contributed by atoms with van der Waals surface area (Å²) in [5.74, 6) is 2.09. The fourth-order valence-electron chi connectivity index (χ4n) is 4.63. The van der Waals surface area contributed by atoms with Crippen LogP contribution in [0.5, 0.6) is 0 Å². The lowest BCUT2D eigenvalue weighted by atomic mass is 9.54. The molecule has 0 aromatic rings. The average Bonchev–Trinajstić information content (AvgIpc) is 2.49. The standard InChI is InChI=1S/C20H30OS/c1-6-7-8-9-17-15(3)13-16-12-14(2)10-11-18(16)20(17,4)19(21)22-5/h6-9,13-14,16-18H,10-12H2,1-5H3/b7-6+,9-8+/t14-,16-,17+,18-,20-/m0/s1. The summed E-state index contributed by atoms with van der Waals surface area (Å²) in [4.78, 5) is 12.9. The summed E-state index contributed by atoms with van der Waals surface area (Å²) in [5.41, 5.74) is 1.11. The molecule has 1 nitrogen and oxygen atoms in total. The Balaban J connectivity index is 2.45. The van der Waals surface area contributed by atoms with Gasteiger partial charge in [-0.25, -0.2) is 0 Å². The second-order valence-electron chi connectivity index (χ2n) is 7.26. The second kappa shape index (κ2) is 7.21. The Kier molecular flexibility index (Phi) is 5.76. The molecule has 0 N–H and O–H groups in total. The summed E-state index contributed by atoms with van der Waals surface area (Å²) >= 11 is 1.41. The molecule has 22 heavy (non-hydrogen) atoms. The fraction of sp³-hybridized carbons (Fsp3) is 0.650. The van der Waals surface area contributed by atoms with Crippen LogP contribution < -0.4 is 0 Å². The highest BCUT2D eigenvalue weighted by Crippen LogP contribution is 2.55. The molecule has 0 saturated heterocycles. The van der Waals surface area contributed by atoms with E-state index in [1.54, 1.807) is 0 Å². The van der Waals surface area contributed by atoms with E-state index < -0.39 is 0 Å². The number of hydrogen-bond donors (Lipinski definition) is 0. The predicted octanol–water partition coefficient (Wildman–Crippen LogP) is 5.64. The van der Waals surface area contributed by atoms with Gasteiger partial charge in [0.25, 0.3) is 0 Å². The van der Waals surface area contributed by atoms with Gasteiger partial charge in [0.05, 0.1) is 0 Å². The van der Waals surface area contributed by atoms with Crippen LogP contribution in [0.1, 0.15) is 47.0 Å². The molecule has 5 atom stereocenters. The van der Waals surface area contributed by atoms with E-state index in [4.69, 9.17) is 0 Å². The van der Waals surface area contributed by atoms with Crippen molar-refractivity contribution in [3.63, 3.8) is 0 Å². The van der Waals surface area contributed by atoms with Crippen molar-refractivity contribution in [3.05, 3.63) is 36.0 Å². The van der Waals surface area contributed by atoms with Crippen molar-refractivity contribution >= 4 is 16.9 Å². The van der Waals surface area contributed by atoms with Crippen molar-refractivity contribution in [2.75, 3.05) is 6.26 Å². The molecule has 0 unspecified atom stereocenters. The lowest BCUT2D eigenvalue weighted by Crippen LogP contribution is -2.48. The number of allylic oxidation sites excluding steroid dienone is 6. The molecule has 122 valence electrons. The van der Waals surface area contributed by atoms with Crippen LogP contribution in [0.15, 0.2) is 36.0 Å². The van der Waals surface area contributed by atoms with Crippen LogP contribution in [-0.4, -0.2) is 11.4 Å². The number of hydrogen-bond acceptors (Lipinski definition) is 2. The smallest absolute Gasteiger partial charge is 0.195 e. The first-order valence-corrected chi connectivity index (χ1v) is 9.73. The molecule has 0 spiro atoms. The molecule has 1 fully saturated rings. The Hall–Kier alpha value is -0.760. The molecule has 0 aromatic heterocycles. The van der Waals surface area contributed by atoms with E-state index in [9.17, 15) is 4.79 Å². The summed E-state index contributed by atoms with van der Waals surface area (Å²) in [6, 6.07) is 0. The van der Waals surface area contributed by atoms with Gasteiger partial charge < -0.3 is 0 Å². The van der Waals surface area contributed by atoms with Crippen molar-refractivity contribution in [1.29, 1.82) is 0 Å². The van der Waals surface area contributed by atoms with Gasteiger partial charge in [-0.3, -0.25) is 4.79 Å². The summed E-state index contributed by atoms with van der Waals surface area (Å²) in [6.07, 6.45) is 16.6. The number of carbonyl (C=O) groups is 1. The lowest BCUT2D eigenvalue weighted by molar-refractivity contribution is -0.126. The van der Waals surface area contributed by atoms with E-state index in [1.807, 2.05) is 19.3 Å². The Bertz CT molecular complexity index is 502. The van der Waals surface area contributed by atoms with Gasteiger partial charge in [-0.15, -0.1) is 0 Å². The van der Waals surface area contributed by atoms with Crippen LogP contribution in [0, 0.1) is 29.1 Å². The molecule has 0 amide bonds. The number of carbonyl (C=O) groups excluding carboxylic acids is 1. The van der Waals surface area contributed by atoms with Crippen molar-refractivity contribution in [2.45, 2.75) is 47.0 Å².